The Bertz CT molecular complexity index is 269. The summed E-state index contributed by atoms with van der Waals surface area (Å²) in [4.78, 5) is 6.69. The van der Waals surface area contributed by atoms with Crippen molar-refractivity contribution in [2.45, 2.75) is 44.6 Å². The van der Waals surface area contributed by atoms with Crippen molar-refractivity contribution >= 4 is 5.96 Å². The van der Waals surface area contributed by atoms with Crippen LogP contribution < -0.4 is 10.6 Å². The fourth-order valence-corrected chi connectivity index (χ4v) is 2.63. The van der Waals surface area contributed by atoms with Crippen LogP contribution in [0, 0.1) is 0 Å². The van der Waals surface area contributed by atoms with Crippen LogP contribution in [0.3, 0.4) is 0 Å². The summed E-state index contributed by atoms with van der Waals surface area (Å²) in [7, 11) is 4.06. The lowest BCUT2D eigenvalue weighted by atomic mass is 9.94. The molecule has 4 nitrogen and oxygen atoms in total. The zero-order valence-electron chi connectivity index (χ0n) is 12.6. The number of hydrogen-bond donors (Lipinski definition) is 2. The number of hydrogen-bond acceptors (Lipinski definition) is 2. The summed E-state index contributed by atoms with van der Waals surface area (Å²) in [5, 5.41) is 6.50. The predicted molar refractivity (Wildman–Crippen MR) is 83.7 cm³/mol. The van der Waals surface area contributed by atoms with Gasteiger partial charge in [0.2, 0.25) is 0 Å². The van der Waals surface area contributed by atoms with Gasteiger partial charge in [0.15, 0.2) is 5.96 Å². The fraction of sp³-hybridized carbons (Fsp3) is 0.800. The Kier molecular flexibility index (Phi) is 8.30. The molecule has 0 saturated heterocycles. The number of nitrogens with zero attached hydrogens (tertiary/aromatic N) is 2. The molecule has 0 aliphatic heterocycles. The molecule has 0 aromatic heterocycles. The second-order valence-electron chi connectivity index (χ2n) is 5.29. The minimum Gasteiger partial charge on any atom is -0.356 e. The highest BCUT2D eigenvalue weighted by Crippen LogP contribution is 2.21. The van der Waals surface area contributed by atoms with Crippen molar-refractivity contribution in [2.75, 3.05) is 33.7 Å². The van der Waals surface area contributed by atoms with Crippen molar-refractivity contribution in [1.29, 1.82) is 0 Å². The van der Waals surface area contributed by atoms with Gasteiger partial charge in [0, 0.05) is 26.2 Å². The molecule has 4 heteroatoms. The van der Waals surface area contributed by atoms with E-state index in [2.05, 4.69) is 34.2 Å². The Hall–Kier alpha value is -1.03. The molecule has 0 unspecified atom stereocenters. The maximum Gasteiger partial charge on any atom is 0.191 e. The van der Waals surface area contributed by atoms with E-state index >= 15 is 0 Å². The number of nitrogens with one attached hydrogen (secondary N) is 2. The predicted octanol–water partition coefficient (Wildman–Crippen LogP) is 1.99. The van der Waals surface area contributed by atoms with Crippen molar-refractivity contribution in [2.24, 2.45) is 4.99 Å². The molecule has 2 N–H and O–H groups in total. The van der Waals surface area contributed by atoms with Gasteiger partial charge in [-0.3, -0.25) is 4.99 Å². The summed E-state index contributed by atoms with van der Waals surface area (Å²) in [6, 6.07) is 0.812. The number of guanidine groups is 1. The third kappa shape index (κ3) is 6.62. The van der Waals surface area contributed by atoms with Crippen LogP contribution in [0.1, 0.15) is 38.5 Å². The Morgan fingerprint density at radius 2 is 2.05 bits per heavy atom. The Labute approximate surface area is 118 Å². The fourth-order valence-electron chi connectivity index (χ4n) is 2.63. The Balaban J connectivity index is 2.10. The van der Waals surface area contributed by atoms with E-state index in [0.717, 1.165) is 38.1 Å². The zero-order valence-corrected chi connectivity index (χ0v) is 12.6. The maximum absolute atomic E-state index is 4.17. The molecule has 0 atom stereocenters. The first-order valence-corrected chi connectivity index (χ1v) is 7.53. The molecule has 1 aliphatic rings. The molecule has 1 aliphatic carbocycles. The summed E-state index contributed by atoms with van der Waals surface area (Å²) in [5.74, 6) is 0.861. The normalized spacial score (nSPS) is 17.5. The first-order chi connectivity index (χ1) is 9.27. The third-order valence-electron chi connectivity index (χ3n) is 3.82. The monoisotopic (exact) mass is 266 g/mol. The van der Waals surface area contributed by atoms with Gasteiger partial charge >= 0.3 is 0 Å². The zero-order chi connectivity index (χ0) is 13.9. The summed E-state index contributed by atoms with van der Waals surface area (Å²) < 4.78 is 0. The smallest absolute Gasteiger partial charge is 0.191 e. The highest BCUT2D eigenvalue weighted by Gasteiger charge is 2.17. The van der Waals surface area contributed by atoms with Gasteiger partial charge in [-0.2, -0.15) is 0 Å². The standard InChI is InChI=1S/C15H30N4/c1-4-11-17-15(16-2)18-12-8-13-19(3)14-9-6-5-7-10-14/h4,14H,1,5-13H2,2-3H3,(H2,16,17,18). The second kappa shape index (κ2) is 9.84. The van der Waals surface area contributed by atoms with Crippen LogP contribution in [-0.2, 0) is 0 Å². The van der Waals surface area contributed by atoms with E-state index in [4.69, 9.17) is 0 Å². The molecular weight excluding hydrogens is 236 g/mol. The molecule has 19 heavy (non-hydrogen) atoms. The van der Waals surface area contributed by atoms with Gasteiger partial charge < -0.3 is 15.5 Å². The van der Waals surface area contributed by atoms with Crippen molar-refractivity contribution < 1.29 is 0 Å². The first-order valence-electron chi connectivity index (χ1n) is 7.53. The van der Waals surface area contributed by atoms with Crippen LogP contribution in [0.15, 0.2) is 17.6 Å². The summed E-state index contributed by atoms with van der Waals surface area (Å²) >= 11 is 0. The van der Waals surface area contributed by atoms with E-state index in [-0.39, 0.29) is 0 Å². The van der Waals surface area contributed by atoms with Gasteiger partial charge in [-0.1, -0.05) is 25.3 Å². The molecule has 0 spiro atoms. The van der Waals surface area contributed by atoms with Crippen LogP contribution in [0.25, 0.3) is 0 Å². The minimum absolute atomic E-state index is 0.752. The summed E-state index contributed by atoms with van der Waals surface area (Å²) in [6.07, 6.45) is 10.00. The molecule has 0 heterocycles. The van der Waals surface area contributed by atoms with Crippen LogP contribution in [0.4, 0.5) is 0 Å². The highest BCUT2D eigenvalue weighted by atomic mass is 15.2. The van der Waals surface area contributed by atoms with E-state index in [0.29, 0.717) is 0 Å². The Morgan fingerprint density at radius 1 is 1.32 bits per heavy atom. The van der Waals surface area contributed by atoms with Crippen molar-refractivity contribution in [1.82, 2.24) is 15.5 Å². The molecular formula is C15H30N4. The first kappa shape index (κ1) is 16.0. The highest BCUT2D eigenvalue weighted by molar-refractivity contribution is 5.79. The molecule has 1 rings (SSSR count). The van der Waals surface area contributed by atoms with Gasteiger partial charge in [0.05, 0.1) is 0 Å². The van der Waals surface area contributed by atoms with Crippen LogP contribution in [0.2, 0.25) is 0 Å². The molecule has 0 aromatic rings. The maximum atomic E-state index is 4.17. The van der Waals surface area contributed by atoms with Crippen molar-refractivity contribution in [3.8, 4) is 0 Å². The number of aliphatic imine (C=N–C) groups is 1. The van der Waals surface area contributed by atoms with E-state index in [9.17, 15) is 0 Å². The lowest BCUT2D eigenvalue weighted by Crippen LogP contribution is -2.39. The van der Waals surface area contributed by atoms with Gasteiger partial charge in [0.25, 0.3) is 0 Å². The topological polar surface area (TPSA) is 39.7 Å². The lowest BCUT2D eigenvalue weighted by Gasteiger charge is -2.31. The van der Waals surface area contributed by atoms with Gasteiger partial charge in [-0.25, -0.2) is 0 Å². The molecule has 1 saturated carbocycles. The van der Waals surface area contributed by atoms with Crippen molar-refractivity contribution in [3.63, 3.8) is 0 Å². The van der Waals surface area contributed by atoms with E-state index < -0.39 is 0 Å². The van der Waals surface area contributed by atoms with Gasteiger partial charge in [0.1, 0.15) is 0 Å². The molecule has 110 valence electrons. The summed E-state index contributed by atoms with van der Waals surface area (Å²) in [5.41, 5.74) is 0. The molecule has 1 fully saturated rings. The molecule has 0 amide bonds. The summed E-state index contributed by atoms with van der Waals surface area (Å²) in [6.45, 7) is 6.57. The Morgan fingerprint density at radius 3 is 2.68 bits per heavy atom. The van der Waals surface area contributed by atoms with Crippen LogP contribution in [0.5, 0.6) is 0 Å². The number of rotatable bonds is 7. The van der Waals surface area contributed by atoms with Crippen LogP contribution >= 0.6 is 0 Å². The third-order valence-corrected chi connectivity index (χ3v) is 3.82. The van der Waals surface area contributed by atoms with Gasteiger partial charge in [-0.05, 0) is 32.9 Å². The second-order valence-corrected chi connectivity index (χ2v) is 5.29. The molecule has 0 bridgehead atoms. The average Bonchev–Trinajstić information content (AvgIpc) is 2.47. The minimum atomic E-state index is 0.752. The molecule has 0 radical (unpaired) electrons. The average molecular weight is 266 g/mol. The van der Waals surface area contributed by atoms with Crippen LogP contribution in [-0.4, -0.2) is 50.6 Å². The largest absolute Gasteiger partial charge is 0.356 e. The van der Waals surface area contributed by atoms with E-state index in [1.807, 2.05) is 6.08 Å². The molecule has 0 aromatic carbocycles. The quantitative estimate of drug-likeness (QED) is 0.320. The van der Waals surface area contributed by atoms with E-state index in [1.165, 1.54) is 32.1 Å². The van der Waals surface area contributed by atoms with Gasteiger partial charge in [-0.15, -0.1) is 6.58 Å². The van der Waals surface area contributed by atoms with E-state index in [1.54, 1.807) is 7.05 Å². The lowest BCUT2D eigenvalue weighted by molar-refractivity contribution is 0.190. The van der Waals surface area contributed by atoms with Crippen molar-refractivity contribution in [3.05, 3.63) is 12.7 Å². The SMILES string of the molecule is C=CCNC(=NC)NCCCN(C)C1CCCCC1.